The molecule has 2 amide bonds. The Morgan fingerprint density at radius 1 is 0.878 bits per heavy atom. The molecule has 0 aliphatic heterocycles. The maximum absolute atomic E-state index is 14.1. The smallest absolute Gasteiger partial charge is 0.264 e. The number of carbonyl (C=O) groups is 2. The van der Waals surface area contributed by atoms with Gasteiger partial charge in [-0.05, 0) is 80.6 Å². The number of amides is 2. The summed E-state index contributed by atoms with van der Waals surface area (Å²) in [6.45, 7) is 11.2. The van der Waals surface area contributed by atoms with Gasteiger partial charge in [0.05, 0.1) is 10.6 Å². The lowest BCUT2D eigenvalue weighted by atomic mass is 10.0. The minimum Gasteiger partial charge on any atom is -0.352 e. The molecule has 1 atom stereocenters. The van der Waals surface area contributed by atoms with E-state index < -0.39 is 28.5 Å². The molecule has 0 fully saturated rings. The number of benzene rings is 3. The zero-order valence-electron chi connectivity index (χ0n) is 24.6. The van der Waals surface area contributed by atoms with Crippen LogP contribution in [0.15, 0.2) is 77.7 Å². The first-order valence-corrected chi connectivity index (χ1v) is 15.7. The van der Waals surface area contributed by atoms with Crippen molar-refractivity contribution in [1.82, 2.24) is 10.2 Å². The lowest BCUT2D eigenvalue weighted by molar-refractivity contribution is -0.140. The molecule has 220 valence electrons. The molecule has 1 N–H and O–H groups in total. The number of rotatable bonds is 12. The van der Waals surface area contributed by atoms with Crippen LogP contribution in [0, 0.1) is 6.92 Å². The van der Waals surface area contributed by atoms with E-state index in [1.807, 2.05) is 39.8 Å². The summed E-state index contributed by atoms with van der Waals surface area (Å²) in [7, 11) is -4.11. The second-order valence-electron chi connectivity index (χ2n) is 10.8. The fraction of sp³-hybridized carbons (Fsp3) is 0.375. The maximum atomic E-state index is 14.1. The van der Waals surface area contributed by atoms with E-state index in [1.165, 1.54) is 4.90 Å². The Hall–Kier alpha value is -3.36. The Morgan fingerprint density at radius 3 is 1.98 bits per heavy atom. The van der Waals surface area contributed by atoms with E-state index in [9.17, 15) is 18.0 Å². The van der Waals surface area contributed by atoms with Crippen LogP contribution in [-0.2, 0) is 26.2 Å². The highest BCUT2D eigenvalue weighted by Crippen LogP contribution is 2.27. The van der Waals surface area contributed by atoms with Crippen LogP contribution < -0.4 is 9.62 Å². The number of aryl methyl sites for hydroxylation is 1. The van der Waals surface area contributed by atoms with Crippen molar-refractivity contribution in [3.05, 3.63) is 94.5 Å². The van der Waals surface area contributed by atoms with Gasteiger partial charge in [0.25, 0.3) is 10.0 Å². The second kappa shape index (κ2) is 14.0. The van der Waals surface area contributed by atoms with E-state index in [0.717, 1.165) is 21.0 Å². The Kier molecular flexibility index (Phi) is 11.0. The topological polar surface area (TPSA) is 86.8 Å². The summed E-state index contributed by atoms with van der Waals surface area (Å²) in [4.78, 5) is 28.9. The number of halogens is 1. The molecule has 0 saturated heterocycles. The summed E-state index contributed by atoms with van der Waals surface area (Å²) >= 11 is 6.08. The molecule has 9 heteroatoms. The molecule has 3 aromatic rings. The molecule has 41 heavy (non-hydrogen) atoms. The van der Waals surface area contributed by atoms with Crippen molar-refractivity contribution in [2.75, 3.05) is 10.8 Å². The number of hydrogen-bond donors (Lipinski definition) is 1. The highest BCUT2D eigenvalue weighted by atomic mass is 35.5. The van der Waals surface area contributed by atoms with Crippen molar-refractivity contribution >= 4 is 39.1 Å². The molecule has 3 rings (SSSR count). The summed E-state index contributed by atoms with van der Waals surface area (Å²) in [6.07, 6.45) is 0.353. The summed E-state index contributed by atoms with van der Waals surface area (Å²) < 4.78 is 29.1. The first kappa shape index (κ1) is 32.2. The molecular formula is C32H40ClN3O4S. The lowest BCUT2D eigenvalue weighted by Crippen LogP contribution is -2.53. The van der Waals surface area contributed by atoms with E-state index in [0.29, 0.717) is 17.1 Å². The number of nitrogens with zero attached hydrogens (tertiary/aromatic N) is 2. The van der Waals surface area contributed by atoms with Gasteiger partial charge in [0.1, 0.15) is 12.6 Å². The zero-order valence-corrected chi connectivity index (χ0v) is 26.2. The van der Waals surface area contributed by atoms with Crippen LogP contribution in [0.25, 0.3) is 0 Å². The van der Waals surface area contributed by atoms with E-state index in [1.54, 1.807) is 60.7 Å². The van der Waals surface area contributed by atoms with Gasteiger partial charge in [-0.3, -0.25) is 13.9 Å². The highest BCUT2D eigenvalue weighted by Gasteiger charge is 2.33. The number of anilines is 1. The quantitative estimate of drug-likeness (QED) is 0.265. The predicted molar refractivity (Wildman–Crippen MR) is 166 cm³/mol. The molecule has 0 heterocycles. The molecule has 0 spiro atoms. The first-order valence-electron chi connectivity index (χ1n) is 13.9. The van der Waals surface area contributed by atoms with Crippen LogP contribution in [0.5, 0.6) is 0 Å². The third-order valence-corrected chi connectivity index (χ3v) is 8.86. The van der Waals surface area contributed by atoms with E-state index in [4.69, 9.17) is 11.6 Å². The van der Waals surface area contributed by atoms with E-state index in [2.05, 4.69) is 19.2 Å². The number of sulfonamides is 1. The van der Waals surface area contributed by atoms with Crippen molar-refractivity contribution in [2.45, 2.75) is 77.4 Å². The largest absolute Gasteiger partial charge is 0.352 e. The molecular weight excluding hydrogens is 558 g/mol. The molecule has 0 radical (unpaired) electrons. The van der Waals surface area contributed by atoms with Gasteiger partial charge in [-0.25, -0.2) is 8.42 Å². The average molecular weight is 598 g/mol. The van der Waals surface area contributed by atoms with Crippen molar-refractivity contribution in [3.8, 4) is 0 Å². The third-order valence-electron chi connectivity index (χ3n) is 6.82. The van der Waals surface area contributed by atoms with Crippen molar-refractivity contribution < 1.29 is 18.0 Å². The average Bonchev–Trinajstić information content (AvgIpc) is 2.92. The monoisotopic (exact) mass is 597 g/mol. The van der Waals surface area contributed by atoms with Gasteiger partial charge in [-0.1, -0.05) is 74.3 Å². The zero-order chi connectivity index (χ0) is 30.3. The molecule has 0 saturated carbocycles. The molecule has 0 aliphatic carbocycles. The van der Waals surface area contributed by atoms with Gasteiger partial charge in [0.2, 0.25) is 11.8 Å². The maximum Gasteiger partial charge on any atom is 0.264 e. The minimum absolute atomic E-state index is 0.0812. The van der Waals surface area contributed by atoms with Gasteiger partial charge in [-0.15, -0.1) is 0 Å². The van der Waals surface area contributed by atoms with Crippen molar-refractivity contribution in [1.29, 1.82) is 0 Å². The Morgan fingerprint density at radius 2 is 1.46 bits per heavy atom. The summed E-state index contributed by atoms with van der Waals surface area (Å²) in [5.74, 6) is -0.527. The van der Waals surface area contributed by atoms with Crippen LogP contribution in [0.2, 0.25) is 5.02 Å². The highest BCUT2D eigenvalue weighted by molar-refractivity contribution is 7.92. The summed E-state index contributed by atoms with van der Waals surface area (Å²) in [5, 5.41) is 3.45. The van der Waals surface area contributed by atoms with Crippen LogP contribution in [-0.4, -0.2) is 43.8 Å². The fourth-order valence-electron chi connectivity index (χ4n) is 4.48. The Bertz CT molecular complexity index is 1420. The van der Waals surface area contributed by atoms with Gasteiger partial charge in [0.15, 0.2) is 0 Å². The Labute approximate surface area is 249 Å². The van der Waals surface area contributed by atoms with Crippen LogP contribution in [0.1, 0.15) is 63.6 Å². The fourth-order valence-corrected chi connectivity index (χ4v) is 6.02. The number of hydrogen-bond acceptors (Lipinski definition) is 4. The van der Waals surface area contributed by atoms with Crippen molar-refractivity contribution in [2.24, 2.45) is 0 Å². The standard InChI is InChI=1S/C32H40ClN3O4S/c1-7-30(32(38)34-23(4)5)35(20-25-10-14-27(33)15-11-25)31(37)21-36(28-16-12-26(13-17-28)22(2)3)41(39,40)29-18-8-24(6)9-19-29/h8-19,22-23,30H,7,20-21H2,1-6H3,(H,34,38)/t30-/m0/s1. The van der Waals surface area contributed by atoms with Crippen molar-refractivity contribution in [3.63, 3.8) is 0 Å². The van der Waals surface area contributed by atoms with E-state index in [-0.39, 0.29) is 29.3 Å². The number of carbonyl (C=O) groups excluding carboxylic acids is 2. The Balaban J connectivity index is 2.07. The second-order valence-corrected chi connectivity index (χ2v) is 13.1. The van der Waals surface area contributed by atoms with Crippen LogP contribution in [0.4, 0.5) is 5.69 Å². The molecule has 3 aromatic carbocycles. The van der Waals surface area contributed by atoms with Crippen LogP contribution >= 0.6 is 11.6 Å². The molecule has 0 bridgehead atoms. The summed E-state index contributed by atoms with van der Waals surface area (Å²) in [6, 6.07) is 19.8. The summed E-state index contributed by atoms with van der Waals surface area (Å²) in [5.41, 5.74) is 3.11. The molecule has 0 unspecified atom stereocenters. The molecule has 7 nitrogen and oxygen atoms in total. The minimum atomic E-state index is -4.11. The third kappa shape index (κ3) is 8.33. The SMILES string of the molecule is CC[C@@H](C(=O)NC(C)C)N(Cc1ccc(Cl)cc1)C(=O)CN(c1ccc(C(C)C)cc1)S(=O)(=O)c1ccc(C)cc1. The predicted octanol–water partition coefficient (Wildman–Crippen LogP) is 6.30. The van der Waals surface area contributed by atoms with Gasteiger partial charge >= 0.3 is 0 Å². The molecule has 0 aromatic heterocycles. The van der Waals surface area contributed by atoms with E-state index >= 15 is 0 Å². The first-order chi connectivity index (χ1) is 19.3. The normalized spacial score (nSPS) is 12.3. The number of nitrogens with one attached hydrogen (secondary N) is 1. The van der Waals surface area contributed by atoms with Crippen LogP contribution in [0.3, 0.4) is 0 Å². The lowest BCUT2D eigenvalue weighted by Gasteiger charge is -2.33. The van der Waals surface area contributed by atoms with Gasteiger partial charge < -0.3 is 10.2 Å². The van der Waals surface area contributed by atoms with Gasteiger partial charge in [0, 0.05) is 17.6 Å². The molecule has 0 aliphatic rings. The van der Waals surface area contributed by atoms with Gasteiger partial charge in [-0.2, -0.15) is 0 Å².